The monoisotopic (exact) mass is 328 g/mol. The third-order valence-corrected chi connectivity index (χ3v) is 3.23. The van der Waals surface area contributed by atoms with Gasteiger partial charge in [-0.05, 0) is 45.4 Å². The van der Waals surface area contributed by atoms with Crippen molar-refractivity contribution in [1.29, 1.82) is 0 Å². The summed E-state index contributed by atoms with van der Waals surface area (Å²) in [5.41, 5.74) is 0.482. The average molecular weight is 328 g/mol. The first-order chi connectivity index (χ1) is 11.2. The zero-order valence-electron chi connectivity index (χ0n) is 14.1. The smallest absolute Gasteiger partial charge is 0.336 e. The first-order valence-corrected chi connectivity index (χ1v) is 7.53. The Balaban J connectivity index is 2.47. The SMILES string of the molecule is Cc1cccc(C(=O)c2ccccc2C(=O)O)c1OOC(C)(C)C. The van der Waals surface area contributed by atoms with E-state index in [4.69, 9.17) is 9.78 Å². The Hall–Kier alpha value is -2.66. The second-order valence-electron chi connectivity index (χ2n) is 6.41. The van der Waals surface area contributed by atoms with E-state index in [-0.39, 0.29) is 22.4 Å². The molecule has 0 atom stereocenters. The summed E-state index contributed by atoms with van der Waals surface area (Å²) in [4.78, 5) is 35.0. The fourth-order valence-corrected chi connectivity index (χ4v) is 2.12. The first-order valence-electron chi connectivity index (χ1n) is 7.53. The summed E-state index contributed by atoms with van der Waals surface area (Å²) < 4.78 is 0. The topological polar surface area (TPSA) is 72.8 Å². The molecule has 0 spiro atoms. The molecule has 0 radical (unpaired) electrons. The molecule has 0 aliphatic rings. The molecule has 24 heavy (non-hydrogen) atoms. The number of carboxylic acid groups (broad SMARTS) is 1. The molecular formula is C19H20O5. The second-order valence-corrected chi connectivity index (χ2v) is 6.41. The van der Waals surface area contributed by atoms with Gasteiger partial charge in [-0.2, -0.15) is 4.89 Å². The molecule has 2 aromatic rings. The van der Waals surface area contributed by atoms with Gasteiger partial charge >= 0.3 is 5.97 Å². The molecule has 0 fully saturated rings. The molecule has 0 amide bonds. The lowest BCUT2D eigenvalue weighted by molar-refractivity contribution is -0.275. The second kappa shape index (κ2) is 6.84. The van der Waals surface area contributed by atoms with Crippen molar-refractivity contribution < 1.29 is 24.5 Å². The van der Waals surface area contributed by atoms with Gasteiger partial charge in [-0.15, -0.1) is 0 Å². The van der Waals surface area contributed by atoms with Crippen LogP contribution in [0.25, 0.3) is 0 Å². The number of aromatic carboxylic acids is 1. The Morgan fingerprint density at radius 1 is 0.917 bits per heavy atom. The Morgan fingerprint density at radius 2 is 1.50 bits per heavy atom. The fourth-order valence-electron chi connectivity index (χ4n) is 2.12. The molecule has 1 N–H and O–H groups in total. The van der Waals surface area contributed by atoms with Crippen molar-refractivity contribution in [1.82, 2.24) is 0 Å². The van der Waals surface area contributed by atoms with Gasteiger partial charge in [0.25, 0.3) is 0 Å². The third kappa shape index (κ3) is 4.00. The summed E-state index contributed by atoms with van der Waals surface area (Å²) in [7, 11) is 0. The number of hydrogen-bond donors (Lipinski definition) is 1. The Kier molecular flexibility index (Phi) is 5.04. The van der Waals surface area contributed by atoms with Crippen molar-refractivity contribution in [3.8, 4) is 5.75 Å². The highest BCUT2D eigenvalue weighted by Crippen LogP contribution is 2.28. The van der Waals surface area contributed by atoms with E-state index in [2.05, 4.69) is 0 Å². The number of para-hydroxylation sites is 1. The molecule has 0 unspecified atom stereocenters. The van der Waals surface area contributed by atoms with Crippen LogP contribution in [-0.4, -0.2) is 22.5 Å². The van der Waals surface area contributed by atoms with Crippen molar-refractivity contribution in [3.05, 3.63) is 64.7 Å². The van der Waals surface area contributed by atoms with Crippen LogP contribution in [0.2, 0.25) is 0 Å². The molecule has 0 bridgehead atoms. The largest absolute Gasteiger partial charge is 0.478 e. The number of rotatable bonds is 5. The number of carbonyl (C=O) groups excluding carboxylic acids is 1. The van der Waals surface area contributed by atoms with Gasteiger partial charge in [0, 0.05) is 5.56 Å². The summed E-state index contributed by atoms with van der Waals surface area (Å²) in [5.74, 6) is -1.29. The Labute approximate surface area is 140 Å². The third-order valence-electron chi connectivity index (χ3n) is 3.23. The van der Waals surface area contributed by atoms with Gasteiger partial charge in [-0.1, -0.05) is 30.3 Å². The zero-order chi connectivity index (χ0) is 17.9. The predicted octanol–water partition coefficient (Wildman–Crippen LogP) is 4.03. The van der Waals surface area contributed by atoms with Gasteiger partial charge in [0.05, 0.1) is 11.1 Å². The maximum atomic E-state index is 12.9. The lowest BCUT2D eigenvalue weighted by Gasteiger charge is -2.20. The molecule has 2 aromatic carbocycles. The number of carboxylic acids is 1. The van der Waals surface area contributed by atoms with E-state index >= 15 is 0 Å². The van der Waals surface area contributed by atoms with Crippen molar-refractivity contribution in [2.75, 3.05) is 0 Å². The van der Waals surface area contributed by atoms with Crippen molar-refractivity contribution in [2.24, 2.45) is 0 Å². The minimum Gasteiger partial charge on any atom is -0.478 e. The molecule has 0 saturated heterocycles. The maximum Gasteiger partial charge on any atom is 0.336 e. The van der Waals surface area contributed by atoms with Crippen molar-refractivity contribution in [2.45, 2.75) is 33.3 Å². The van der Waals surface area contributed by atoms with Crippen molar-refractivity contribution in [3.63, 3.8) is 0 Å². The molecule has 2 rings (SSSR count). The highest BCUT2D eigenvalue weighted by Gasteiger charge is 2.23. The highest BCUT2D eigenvalue weighted by atomic mass is 17.2. The van der Waals surface area contributed by atoms with Gasteiger partial charge < -0.3 is 9.99 Å². The maximum absolute atomic E-state index is 12.9. The molecule has 126 valence electrons. The van der Waals surface area contributed by atoms with Gasteiger partial charge in [0.1, 0.15) is 5.60 Å². The standard InChI is InChI=1S/C19H20O5/c1-12-8-7-11-15(17(12)23-24-19(2,3)4)16(20)13-9-5-6-10-14(13)18(21)22/h5-11H,1-4H3,(H,21,22). The number of carbonyl (C=O) groups is 2. The molecule has 5 nitrogen and oxygen atoms in total. The van der Waals surface area contributed by atoms with Crippen LogP contribution < -0.4 is 4.89 Å². The fraction of sp³-hybridized carbons (Fsp3) is 0.263. The molecule has 0 saturated carbocycles. The van der Waals surface area contributed by atoms with E-state index in [1.165, 1.54) is 12.1 Å². The van der Waals surface area contributed by atoms with Crippen LogP contribution in [0, 0.1) is 6.92 Å². The number of benzene rings is 2. The summed E-state index contributed by atoms with van der Waals surface area (Å²) >= 11 is 0. The van der Waals surface area contributed by atoms with Crippen LogP contribution in [0.1, 0.15) is 52.6 Å². The van der Waals surface area contributed by atoms with E-state index in [9.17, 15) is 14.7 Å². The van der Waals surface area contributed by atoms with E-state index in [1.807, 2.05) is 20.8 Å². The van der Waals surface area contributed by atoms with Crippen LogP contribution in [0.3, 0.4) is 0 Å². The highest BCUT2D eigenvalue weighted by molar-refractivity contribution is 6.15. The summed E-state index contributed by atoms with van der Waals surface area (Å²) in [6.07, 6.45) is 0. The van der Waals surface area contributed by atoms with Crippen LogP contribution in [0.4, 0.5) is 0 Å². The van der Waals surface area contributed by atoms with Gasteiger partial charge in [-0.25, -0.2) is 4.79 Å². The van der Waals surface area contributed by atoms with E-state index in [0.717, 1.165) is 5.56 Å². The summed E-state index contributed by atoms with van der Waals surface area (Å²) in [6.45, 7) is 7.27. The minimum absolute atomic E-state index is 0.0494. The molecule has 0 heterocycles. The minimum atomic E-state index is -1.15. The zero-order valence-corrected chi connectivity index (χ0v) is 14.1. The first kappa shape index (κ1) is 17.7. The van der Waals surface area contributed by atoms with Crippen LogP contribution in [-0.2, 0) is 4.89 Å². The Morgan fingerprint density at radius 3 is 2.08 bits per heavy atom. The van der Waals surface area contributed by atoms with Gasteiger partial charge in [0.2, 0.25) is 0 Å². The van der Waals surface area contributed by atoms with Crippen LogP contribution in [0.15, 0.2) is 42.5 Å². The Bertz CT molecular complexity index is 772. The van der Waals surface area contributed by atoms with E-state index < -0.39 is 17.4 Å². The lowest BCUT2D eigenvalue weighted by Crippen LogP contribution is -2.22. The molecule has 0 aliphatic carbocycles. The van der Waals surface area contributed by atoms with Gasteiger partial charge in [-0.3, -0.25) is 4.79 Å². The lowest BCUT2D eigenvalue weighted by atomic mass is 9.96. The predicted molar refractivity (Wildman–Crippen MR) is 89.5 cm³/mol. The van der Waals surface area contributed by atoms with Crippen LogP contribution >= 0.6 is 0 Å². The summed E-state index contributed by atoms with van der Waals surface area (Å²) in [5, 5.41) is 9.29. The normalized spacial score (nSPS) is 11.2. The van der Waals surface area contributed by atoms with E-state index in [1.54, 1.807) is 37.3 Å². The number of aryl methyl sites for hydroxylation is 1. The molecule has 0 aromatic heterocycles. The average Bonchev–Trinajstić information content (AvgIpc) is 2.52. The van der Waals surface area contributed by atoms with Gasteiger partial charge in [0.15, 0.2) is 11.5 Å². The van der Waals surface area contributed by atoms with Crippen LogP contribution in [0.5, 0.6) is 5.75 Å². The molecule has 0 aliphatic heterocycles. The van der Waals surface area contributed by atoms with Crippen molar-refractivity contribution >= 4 is 11.8 Å². The quantitative estimate of drug-likeness (QED) is 0.509. The molecule has 5 heteroatoms. The molecular weight excluding hydrogens is 308 g/mol. The number of ketones is 1. The van der Waals surface area contributed by atoms with E-state index in [0.29, 0.717) is 0 Å². The number of hydrogen-bond acceptors (Lipinski definition) is 4. The summed E-state index contributed by atoms with van der Waals surface area (Å²) in [6, 6.07) is 11.2.